The fraction of sp³-hybridized carbons (Fsp3) is 0.455. The highest BCUT2D eigenvalue weighted by atomic mass is 79.9. The lowest BCUT2D eigenvalue weighted by Crippen LogP contribution is -2.11. The second-order valence-corrected chi connectivity index (χ2v) is 7.78. The molecular formula is C11H11BrClFO2S. The van der Waals surface area contributed by atoms with Crippen LogP contribution in [-0.2, 0) is 9.84 Å². The molecule has 17 heavy (non-hydrogen) atoms. The monoisotopic (exact) mass is 340 g/mol. The van der Waals surface area contributed by atoms with Gasteiger partial charge in [-0.2, -0.15) is 0 Å². The Balaban J connectivity index is 2.23. The maximum absolute atomic E-state index is 12.9. The lowest BCUT2D eigenvalue weighted by atomic mass is 9.98. The van der Waals surface area contributed by atoms with Crippen LogP contribution >= 0.6 is 27.5 Å². The number of alkyl halides is 1. The lowest BCUT2D eigenvalue weighted by molar-refractivity contribution is 0.565. The third kappa shape index (κ3) is 3.01. The molecule has 0 spiro atoms. The Morgan fingerprint density at radius 1 is 1.47 bits per heavy atom. The molecule has 2 unspecified atom stereocenters. The standard InChI is InChI=1S/C11H11BrClFO2S/c12-10-5-8(14)1-2-9(10)11(13)7-3-4-17(15,16)6-7/h1-2,5,7,11H,3-4,6H2. The first-order valence-corrected chi connectivity index (χ1v) is 8.23. The molecule has 1 aliphatic rings. The molecule has 6 heteroatoms. The normalized spacial score (nSPS) is 24.8. The quantitative estimate of drug-likeness (QED) is 0.774. The fourth-order valence-corrected chi connectivity index (χ4v) is 5.11. The number of halogens is 3. The van der Waals surface area contributed by atoms with Crippen LogP contribution in [0.2, 0.25) is 0 Å². The zero-order valence-corrected chi connectivity index (χ0v) is 12.0. The van der Waals surface area contributed by atoms with Crippen LogP contribution in [0.3, 0.4) is 0 Å². The summed E-state index contributed by atoms with van der Waals surface area (Å²) < 4.78 is 36.3. The van der Waals surface area contributed by atoms with E-state index in [4.69, 9.17) is 11.6 Å². The molecule has 2 nitrogen and oxygen atoms in total. The van der Waals surface area contributed by atoms with Crippen molar-refractivity contribution in [3.05, 3.63) is 34.1 Å². The Morgan fingerprint density at radius 2 is 2.18 bits per heavy atom. The summed E-state index contributed by atoms with van der Waals surface area (Å²) in [6.45, 7) is 0. The van der Waals surface area contributed by atoms with Crippen LogP contribution in [-0.4, -0.2) is 19.9 Å². The van der Waals surface area contributed by atoms with Crippen LogP contribution in [0.25, 0.3) is 0 Å². The van der Waals surface area contributed by atoms with Crippen molar-refractivity contribution in [3.8, 4) is 0 Å². The molecule has 0 aromatic heterocycles. The summed E-state index contributed by atoms with van der Waals surface area (Å²) in [5.41, 5.74) is 0.746. The van der Waals surface area contributed by atoms with E-state index in [0.29, 0.717) is 10.9 Å². The largest absolute Gasteiger partial charge is 0.229 e. The molecule has 0 radical (unpaired) electrons. The summed E-state index contributed by atoms with van der Waals surface area (Å²) in [4.78, 5) is 0. The predicted octanol–water partition coefficient (Wildman–Crippen LogP) is 3.30. The number of rotatable bonds is 2. The average molecular weight is 342 g/mol. The van der Waals surface area contributed by atoms with E-state index in [1.807, 2.05) is 0 Å². The number of hydrogen-bond donors (Lipinski definition) is 0. The maximum Gasteiger partial charge on any atom is 0.150 e. The molecular weight excluding hydrogens is 331 g/mol. The van der Waals surface area contributed by atoms with Crippen LogP contribution in [0, 0.1) is 11.7 Å². The van der Waals surface area contributed by atoms with Crippen molar-refractivity contribution in [3.63, 3.8) is 0 Å². The molecule has 0 N–H and O–H groups in total. The van der Waals surface area contributed by atoms with Crippen molar-refractivity contribution in [2.24, 2.45) is 5.92 Å². The minimum absolute atomic E-state index is 0.0940. The Labute approximate surface area is 113 Å². The van der Waals surface area contributed by atoms with E-state index in [1.165, 1.54) is 12.1 Å². The number of sulfone groups is 1. The van der Waals surface area contributed by atoms with Gasteiger partial charge >= 0.3 is 0 Å². The van der Waals surface area contributed by atoms with Gasteiger partial charge < -0.3 is 0 Å². The molecule has 0 bridgehead atoms. The van der Waals surface area contributed by atoms with Crippen molar-refractivity contribution in [2.45, 2.75) is 11.8 Å². The second-order valence-electron chi connectivity index (χ2n) is 4.23. The molecule has 1 saturated heterocycles. The van der Waals surface area contributed by atoms with Gasteiger partial charge in [-0.1, -0.05) is 22.0 Å². The number of hydrogen-bond acceptors (Lipinski definition) is 2. The Kier molecular flexibility index (Phi) is 3.80. The van der Waals surface area contributed by atoms with Crippen molar-refractivity contribution in [2.75, 3.05) is 11.5 Å². The molecule has 2 rings (SSSR count). The fourth-order valence-electron chi connectivity index (χ4n) is 2.03. The van der Waals surface area contributed by atoms with Gasteiger partial charge in [0, 0.05) is 4.47 Å². The predicted molar refractivity (Wildman–Crippen MR) is 69.5 cm³/mol. The summed E-state index contributed by atoms with van der Waals surface area (Å²) in [6, 6.07) is 4.27. The highest BCUT2D eigenvalue weighted by Gasteiger charge is 2.34. The number of benzene rings is 1. The third-order valence-corrected chi connectivity index (χ3v) is 6.01. The summed E-state index contributed by atoms with van der Waals surface area (Å²) in [6.07, 6.45) is 0.570. The van der Waals surface area contributed by atoms with Crippen molar-refractivity contribution >= 4 is 37.4 Å². The molecule has 2 atom stereocenters. The van der Waals surface area contributed by atoms with Gasteiger partial charge in [-0.05, 0) is 30.0 Å². The van der Waals surface area contributed by atoms with Crippen molar-refractivity contribution in [1.29, 1.82) is 0 Å². The van der Waals surface area contributed by atoms with E-state index in [1.54, 1.807) is 6.07 Å². The van der Waals surface area contributed by atoms with Gasteiger partial charge in [0.2, 0.25) is 0 Å². The Morgan fingerprint density at radius 3 is 2.71 bits per heavy atom. The highest BCUT2D eigenvalue weighted by molar-refractivity contribution is 9.10. The van der Waals surface area contributed by atoms with Crippen LogP contribution in [0.1, 0.15) is 17.4 Å². The zero-order valence-electron chi connectivity index (χ0n) is 8.87. The third-order valence-electron chi connectivity index (χ3n) is 2.94. The molecule has 1 heterocycles. The summed E-state index contributed by atoms with van der Waals surface area (Å²) >= 11 is 9.53. The topological polar surface area (TPSA) is 34.1 Å². The molecule has 1 aromatic rings. The van der Waals surface area contributed by atoms with Crippen molar-refractivity contribution in [1.82, 2.24) is 0 Å². The molecule has 1 aliphatic heterocycles. The molecule has 0 aliphatic carbocycles. The minimum atomic E-state index is -2.94. The molecule has 1 aromatic carbocycles. The summed E-state index contributed by atoms with van der Waals surface area (Å²) in [5, 5.41) is -0.401. The van der Waals surface area contributed by atoms with Gasteiger partial charge in [0.1, 0.15) is 5.82 Å². The van der Waals surface area contributed by atoms with E-state index in [9.17, 15) is 12.8 Å². The van der Waals surface area contributed by atoms with Gasteiger partial charge in [0.25, 0.3) is 0 Å². The summed E-state index contributed by atoms with van der Waals surface area (Å²) in [5.74, 6) is -0.128. The smallest absolute Gasteiger partial charge is 0.150 e. The lowest BCUT2D eigenvalue weighted by Gasteiger charge is -2.17. The first-order valence-electron chi connectivity index (χ1n) is 5.18. The second kappa shape index (κ2) is 4.86. The van der Waals surface area contributed by atoms with E-state index in [0.717, 1.165) is 5.56 Å². The van der Waals surface area contributed by atoms with E-state index in [-0.39, 0.29) is 23.2 Å². The first-order chi connectivity index (χ1) is 7.89. The van der Waals surface area contributed by atoms with Crippen molar-refractivity contribution < 1.29 is 12.8 Å². The maximum atomic E-state index is 12.9. The van der Waals surface area contributed by atoms with Crippen LogP contribution < -0.4 is 0 Å². The van der Waals surface area contributed by atoms with Crippen LogP contribution in [0.5, 0.6) is 0 Å². The Hall–Kier alpha value is -0.130. The van der Waals surface area contributed by atoms with Gasteiger partial charge in [-0.3, -0.25) is 0 Å². The molecule has 94 valence electrons. The van der Waals surface area contributed by atoms with Gasteiger partial charge in [0.05, 0.1) is 16.9 Å². The first kappa shape index (κ1) is 13.3. The van der Waals surface area contributed by atoms with Gasteiger partial charge in [0.15, 0.2) is 9.84 Å². The average Bonchev–Trinajstić information content (AvgIpc) is 2.58. The summed E-state index contributed by atoms with van der Waals surface area (Å²) in [7, 11) is -2.94. The van der Waals surface area contributed by atoms with Gasteiger partial charge in [-0.15, -0.1) is 11.6 Å². The van der Waals surface area contributed by atoms with Crippen LogP contribution in [0.4, 0.5) is 4.39 Å². The molecule has 1 fully saturated rings. The van der Waals surface area contributed by atoms with Gasteiger partial charge in [-0.25, -0.2) is 12.8 Å². The molecule has 0 amide bonds. The van der Waals surface area contributed by atoms with E-state index < -0.39 is 15.2 Å². The molecule has 0 saturated carbocycles. The minimum Gasteiger partial charge on any atom is -0.229 e. The Bertz CT molecular complexity index is 532. The zero-order chi connectivity index (χ0) is 12.6. The van der Waals surface area contributed by atoms with E-state index >= 15 is 0 Å². The SMILES string of the molecule is O=S1(=O)CCC(C(Cl)c2ccc(F)cc2Br)C1. The highest BCUT2D eigenvalue weighted by Crippen LogP contribution is 2.39. The van der Waals surface area contributed by atoms with E-state index in [2.05, 4.69) is 15.9 Å². The van der Waals surface area contributed by atoms with Crippen LogP contribution in [0.15, 0.2) is 22.7 Å².